The predicted molar refractivity (Wildman–Crippen MR) is 84.1 cm³/mol. The van der Waals surface area contributed by atoms with Gasteiger partial charge in [0.2, 0.25) is 0 Å². The van der Waals surface area contributed by atoms with E-state index in [2.05, 4.69) is 14.9 Å². The van der Waals surface area contributed by atoms with Crippen molar-refractivity contribution in [3.63, 3.8) is 0 Å². The van der Waals surface area contributed by atoms with Gasteiger partial charge in [0.1, 0.15) is 0 Å². The lowest BCUT2D eigenvalue weighted by Crippen LogP contribution is -2.21. The number of hydrogen-bond donors (Lipinski definition) is 1. The zero-order chi connectivity index (χ0) is 16.1. The number of benzene rings is 1. The van der Waals surface area contributed by atoms with Crippen LogP contribution in [0.2, 0.25) is 0 Å². The Morgan fingerprint density at radius 1 is 1.27 bits per heavy atom. The fraction of sp³-hybridized carbons (Fsp3) is 0.333. The minimum absolute atomic E-state index is 0.340. The van der Waals surface area contributed by atoms with E-state index in [0.717, 1.165) is 22.7 Å². The highest BCUT2D eigenvalue weighted by molar-refractivity contribution is 7.07. The summed E-state index contributed by atoms with van der Waals surface area (Å²) >= 11 is 0.974. The number of amides is 1. The minimum Gasteiger partial charge on any atom is -0.451 e. The fourth-order valence-electron chi connectivity index (χ4n) is 1.81. The molecule has 0 unspecified atom stereocenters. The van der Waals surface area contributed by atoms with Crippen LogP contribution in [0.3, 0.4) is 0 Å². The number of hydrogen-bond acceptors (Lipinski definition) is 6. The van der Waals surface area contributed by atoms with Crippen LogP contribution in [0, 0.1) is 13.8 Å². The molecule has 1 amide bonds. The monoisotopic (exact) mass is 319 g/mol. The molecule has 7 heteroatoms. The minimum atomic E-state index is -0.568. The second kappa shape index (κ2) is 7.13. The number of rotatable bonds is 5. The van der Waals surface area contributed by atoms with E-state index in [1.165, 1.54) is 0 Å². The van der Waals surface area contributed by atoms with Crippen molar-refractivity contribution in [1.29, 1.82) is 0 Å². The molecule has 1 N–H and O–H groups in total. The summed E-state index contributed by atoms with van der Waals surface area (Å²) in [6.45, 7) is 5.50. The molecule has 0 aliphatic rings. The van der Waals surface area contributed by atoms with Gasteiger partial charge in [-0.25, -0.2) is 4.79 Å². The molecule has 1 heterocycles. The van der Waals surface area contributed by atoms with Gasteiger partial charge in [-0.05, 0) is 55.1 Å². The molecule has 6 nitrogen and oxygen atoms in total. The lowest BCUT2D eigenvalue weighted by atomic mass is 10.1. The Morgan fingerprint density at radius 2 is 2.05 bits per heavy atom. The molecule has 1 aromatic carbocycles. The van der Waals surface area contributed by atoms with Gasteiger partial charge in [-0.2, -0.15) is 0 Å². The SMILES string of the molecule is CCc1nnsc1C(=O)OCC(=O)Nc1ccc(C)c(C)c1. The van der Waals surface area contributed by atoms with Crippen molar-refractivity contribution in [2.24, 2.45) is 0 Å². The zero-order valence-corrected chi connectivity index (χ0v) is 13.5. The topological polar surface area (TPSA) is 81.2 Å². The first-order valence-electron chi connectivity index (χ1n) is 6.86. The predicted octanol–water partition coefficient (Wildman–Crippen LogP) is 2.51. The summed E-state index contributed by atoms with van der Waals surface area (Å²) in [7, 11) is 0. The fourth-order valence-corrected chi connectivity index (χ4v) is 2.45. The van der Waals surface area contributed by atoms with E-state index in [9.17, 15) is 9.59 Å². The zero-order valence-electron chi connectivity index (χ0n) is 12.7. The average Bonchev–Trinajstić information content (AvgIpc) is 2.97. The van der Waals surface area contributed by atoms with Crippen molar-refractivity contribution < 1.29 is 14.3 Å². The van der Waals surface area contributed by atoms with Gasteiger partial charge in [0, 0.05) is 5.69 Å². The molecule has 0 saturated heterocycles. The van der Waals surface area contributed by atoms with E-state index in [-0.39, 0.29) is 12.5 Å². The van der Waals surface area contributed by atoms with Crippen LogP contribution in [-0.2, 0) is 16.0 Å². The second-order valence-corrected chi connectivity index (χ2v) is 5.58. The largest absolute Gasteiger partial charge is 0.451 e. The Bertz CT molecular complexity index is 697. The first kappa shape index (κ1) is 16.1. The van der Waals surface area contributed by atoms with Crippen molar-refractivity contribution in [3.05, 3.63) is 39.9 Å². The Balaban J connectivity index is 1.90. The van der Waals surface area contributed by atoms with Gasteiger partial charge in [-0.15, -0.1) is 5.10 Å². The van der Waals surface area contributed by atoms with Crippen LogP contribution in [0.5, 0.6) is 0 Å². The summed E-state index contributed by atoms with van der Waals surface area (Å²) in [4.78, 5) is 24.0. The smallest absolute Gasteiger partial charge is 0.352 e. The van der Waals surface area contributed by atoms with Gasteiger partial charge in [0.25, 0.3) is 5.91 Å². The molecule has 0 radical (unpaired) electrons. The van der Waals surface area contributed by atoms with Gasteiger partial charge < -0.3 is 10.1 Å². The third-order valence-corrected chi connectivity index (χ3v) is 3.95. The summed E-state index contributed by atoms with van der Waals surface area (Å²) in [5.74, 6) is -0.950. The second-order valence-electron chi connectivity index (χ2n) is 4.83. The van der Waals surface area contributed by atoms with E-state index in [0.29, 0.717) is 22.7 Å². The maximum absolute atomic E-state index is 11.9. The maximum Gasteiger partial charge on any atom is 0.352 e. The molecule has 22 heavy (non-hydrogen) atoms. The van der Waals surface area contributed by atoms with E-state index >= 15 is 0 Å². The number of aromatic nitrogens is 2. The number of nitrogens with one attached hydrogen (secondary N) is 1. The number of carbonyl (C=O) groups excluding carboxylic acids is 2. The van der Waals surface area contributed by atoms with Crippen LogP contribution in [0.1, 0.15) is 33.4 Å². The van der Waals surface area contributed by atoms with Crippen LogP contribution < -0.4 is 5.32 Å². The van der Waals surface area contributed by atoms with Crippen molar-refractivity contribution >= 4 is 29.1 Å². The standard InChI is InChI=1S/C15H17N3O3S/c1-4-12-14(22-18-17-12)15(20)21-8-13(19)16-11-6-5-9(2)10(3)7-11/h5-7H,4,8H2,1-3H3,(H,16,19). The number of anilines is 1. The van der Waals surface area contributed by atoms with Crippen LogP contribution in [0.4, 0.5) is 5.69 Å². The van der Waals surface area contributed by atoms with Gasteiger partial charge >= 0.3 is 5.97 Å². The third kappa shape index (κ3) is 3.88. The lowest BCUT2D eigenvalue weighted by Gasteiger charge is -2.08. The number of carbonyl (C=O) groups is 2. The van der Waals surface area contributed by atoms with Crippen LogP contribution in [-0.4, -0.2) is 28.1 Å². The number of nitrogens with zero attached hydrogens (tertiary/aromatic N) is 2. The van der Waals surface area contributed by atoms with E-state index < -0.39 is 5.97 Å². The Morgan fingerprint density at radius 3 is 2.73 bits per heavy atom. The van der Waals surface area contributed by atoms with Crippen LogP contribution >= 0.6 is 11.5 Å². The summed E-state index contributed by atoms with van der Waals surface area (Å²) in [5, 5.41) is 6.53. The molecular formula is C15H17N3O3S. The van der Waals surface area contributed by atoms with Crippen molar-refractivity contribution in [2.45, 2.75) is 27.2 Å². The molecule has 116 valence electrons. The third-order valence-electron chi connectivity index (χ3n) is 3.20. The quantitative estimate of drug-likeness (QED) is 0.856. The highest BCUT2D eigenvalue weighted by atomic mass is 32.1. The molecule has 2 rings (SSSR count). The summed E-state index contributed by atoms with van der Waals surface area (Å²) in [5.41, 5.74) is 3.50. The first-order chi connectivity index (χ1) is 10.5. The Labute approximate surface area is 132 Å². The average molecular weight is 319 g/mol. The Hall–Kier alpha value is -2.28. The molecule has 1 aromatic heterocycles. The van der Waals surface area contributed by atoms with Crippen molar-refractivity contribution in [3.8, 4) is 0 Å². The van der Waals surface area contributed by atoms with Gasteiger partial charge in [0.15, 0.2) is 11.5 Å². The highest BCUT2D eigenvalue weighted by Gasteiger charge is 2.17. The maximum atomic E-state index is 11.9. The number of aryl methyl sites for hydroxylation is 3. The van der Waals surface area contributed by atoms with E-state index in [4.69, 9.17) is 4.74 Å². The number of esters is 1. The Kier molecular flexibility index (Phi) is 5.21. The van der Waals surface area contributed by atoms with Gasteiger partial charge in [-0.3, -0.25) is 4.79 Å². The van der Waals surface area contributed by atoms with E-state index in [1.807, 2.05) is 39.0 Å². The van der Waals surface area contributed by atoms with Gasteiger partial charge in [0.05, 0.1) is 5.69 Å². The lowest BCUT2D eigenvalue weighted by molar-refractivity contribution is -0.119. The molecule has 0 fully saturated rings. The van der Waals surface area contributed by atoms with Crippen molar-refractivity contribution in [2.75, 3.05) is 11.9 Å². The molecule has 0 spiro atoms. The number of ether oxygens (including phenoxy) is 1. The van der Waals surface area contributed by atoms with Crippen molar-refractivity contribution in [1.82, 2.24) is 9.59 Å². The molecule has 0 aliphatic carbocycles. The molecule has 0 atom stereocenters. The van der Waals surface area contributed by atoms with Crippen LogP contribution in [0.15, 0.2) is 18.2 Å². The molecule has 0 aliphatic heterocycles. The van der Waals surface area contributed by atoms with Gasteiger partial charge in [-0.1, -0.05) is 17.5 Å². The molecule has 2 aromatic rings. The summed E-state index contributed by atoms with van der Waals surface area (Å²) in [6.07, 6.45) is 0.593. The van der Waals surface area contributed by atoms with E-state index in [1.54, 1.807) is 0 Å². The normalized spacial score (nSPS) is 10.3. The molecular weight excluding hydrogens is 302 g/mol. The summed E-state index contributed by atoms with van der Waals surface area (Å²) < 4.78 is 8.71. The highest BCUT2D eigenvalue weighted by Crippen LogP contribution is 2.15. The first-order valence-corrected chi connectivity index (χ1v) is 7.64. The molecule has 0 saturated carbocycles. The summed E-state index contributed by atoms with van der Waals surface area (Å²) in [6, 6.07) is 5.61. The van der Waals surface area contributed by atoms with Crippen LogP contribution in [0.25, 0.3) is 0 Å². The molecule has 0 bridgehead atoms.